The van der Waals surface area contributed by atoms with E-state index in [0.29, 0.717) is 40.7 Å². The number of hydrogen-bond acceptors (Lipinski definition) is 3. The molecule has 0 radical (unpaired) electrons. The van der Waals surface area contributed by atoms with Crippen LogP contribution < -0.4 is 15.0 Å². The molecule has 0 saturated heterocycles. The number of anilines is 2. The highest BCUT2D eigenvalue weighted by atomic mass is 35.5. The van der Waals surface area contributed by atoms with E-state index in [4.69, 9.17) is 16.3 Å². The van der Waals surface area contributed by atoms with Crippen LogP contribution in [0.5, 0.6) is 5.75 Å². The number of hydrogen-bond donors (Lipinski definition) is 1. The maximum absolute atomic E-state index is 12.4. The van der Waals surface area contributed by atoms with E-state index in [1.54, 1.807) is 49.5 Å². The number of rotatable bonds is 2. The topological polar surface area (TPSA) is 58.6 Å². The largest absolute Gasteiger partial charge is 0.491 e. The minimum atomic E-state index is -0.278. The van der Waals surface area contributed by atoms with E-state index in [0.717, 1.165) is 0 Å². The molecule has 1 heterocycles. The Morgan fingerprint density at radius 1 is 1.26 bits per heavy atom. The van der Waals surface area contributed by atoms with Crippen LogP contribution >= 0.6 is 11.6 Å². The van der Waals surface area contributed by atoms with Gasteiger partial charge in [-0.1, -0.05) is 17.7 Å². The summed E-state index contributed by atoms with van der Waals surface area (Å²) in [6.45, 7) is 0.338. The first-order valence-electron chi connectivity index (χ1n) is 7.15. The molecule has 23 heavy (non-hydrogen) atoms. The van der Waals surface area contributed by atoms with E-state index in [9.17, 15) is 9.59 Å². The predicted molar refractivity (Wildman–Crippen MR) is 89.4 cm³/mol. The molecule has 1 N–H and O–H groups in total. The Morgan fingerprint density at radius 3 is 2.87 bits per heavy atom. The number of amides is 2. The molecule has 0 unspecified atom stereocenters. The Kier molecular flexibility index (Phi) is 4.21. The lowest BCUT2D eigenvalue weighted by molar-refractivity contribution is -0.118. The first-order valence-corrected chi connectivity index (χ1v) is 7.53. The molecule has 3 rings (SSSR count). The number of benzene rings is 2. The summed E-state index contributed by atoms with van der Waals surface area (Å²) in [4.78, 5) is 25.8. The number of nitrogens with one attached hydrogen (secondary N) is 1. The van der Waals surface area contributed by atoms with E-state index in [1.165, 1.54) is 4.90 Å². The standard InChI is InChI=1S/C17H15ClN2O3/c1-20-14-9-11(5-6-15(14)23-8-7-16(20)21)17(22)19-13-4-2-3-12(18)10-13/h2-6,9-10H,7-8H2,1H3,(H,19,22). The van der Waals surface area contributed by atoms with E-state index in [1.807, 2.05) is 0 Å². The molecule has 2 amide bonds. The number of carbonyl (C=O) groups excluding carboxylic acids is 2. The SMILES string of the molecule is CN1C(=O)CCOc2ccc(C(=O)Nc3cccc(Cl)c3)cc21. The van der Waals surface area contributed by atoms with Gasteiger partial charge in [0.2, 0.25) is 5.91 Å². The normalized spacial score (nSPS) is 13.8. The molecular weight excluding hydrogens is 316 g/mol. The lowest BCUT2D eigenvalue weighted by Gasteiger charge is -2.17. The van der Waals surface area contributed by atoms with Crippen LogP contribution in [0, 0.1) is 0 Å². The van der Waals surface area contributed by atoms with Gasteiger partial charge in [-0.3, -0.25) is 9.59 Å². The third-order valence-electron chi connectivity index (χ3n) is 3.61. The molecule has 1 aliphatic heterocycles. The molecule has 0 aliphatic carbocycles. The van der Waals surface area contributed by atoms with E-state index in [2.05, 4.69) is 5.32 Å². The molecule has 5 nitrogen and oxygen atoms in total. The van der Waals surface area contributed by atoms with Gasteiger partial charge in [0.1, 0.15) is 5.75 Å². The molecule has 0 spiro atoms. The molecule has 2 aromatic rings. The fourth-order valence-corrected chi connectivity index (χ4v) is 2.55. The van der Waals surface area contributed by atoms with Gasteiger partial charge in [-0.2, -0.15) is 0 Å². The zero-order valence-electron chi connectivity index (χ0n) is 12.5. The van der Waals surface area contributed by atoms with Gasteiger partial charge in [0.05, 0.1) is 18.7 Å². The third-order valence-corrected chi connectivity index (χ3v) is 3.85. The second-order valence-electron chi connectivity index (χ2n) is 5.20. The summed E-state index contributed by atoms with van der Waals surface area (Å²) in [6.07, 6.45) is 0.315. The van der Waals surface area contributed by atoms with Crippen molar-refractivity contribution in [3.63, 3.8) is 0 Å². The lowest BCUT2D eigenvalue weighted by Crippen LogP contribution is -2.25. The zero-order valence-corrected chi connectivity index (χ0v) is 13.3. The van der Waals surface area contributed by atoms with Crippen molar-refractivity contribution in [1.29, 1.82) is 0 Å². The van der Waals surface area contributed by atoms with Crippen LogP contribution in [0.3, 0.4) is 0 Å². The fourth-order valence-electron chi connectivity index (χ4n) is 2.36. The van der Waals surface area contributed by atoms with Gasteiger partial charge in [-0.25, -0.2) is 0 Å². The highest BCUT2D eigenvalue weighted by Gasteiger charge is 2.21. The van der Waals surface area contributed by atoms with Crippen molar-refractivity contribution in [2.24, 2.45) is 0 Å². The first kappa shape index (κ1) is 15.4. The van der Waals surface area contributed by atoms with Crippen LogP contribution in [0.25, 0.3) is 0 Å². The van der Waals surface area contributed by atoms with Gasteiger partial charge in [0, 0.05) is 23.3 Å². The Bertz CT molecular complexity index is 776. The molecule has 0 bridgehead atoms. The van der Waals surface area contributed by atoms with Crippen molar-refractivity contribution >= 4 is 34.8 Å². The van der Waals surface area contributed by atoms with Crippen LogP contribution in [0.2, 0.25) is 5.02 Å². The molecule has 0 atom stereocenters. The summed E-state index contributed by atoms with van der Waals surface area (Å²) in [7, 11) is 1.68. The van der Waals surface area contributed by atoms with Crippen LogP contribution in [-0.4, -0.2) is 25.5 Å². The van der Waals surface area contributed by atoms with Crippen molar-refractivity contribution < 1.29 is 14.3 Å². The molecule has 0 aromatic heterocycles. The summed E-state index contributed by atoms with van der Waals surface area (Å²) < 4.78 is 5.55. The maximum atomic E-state index is 12.4. The summed E-state index contributed by atoms with van der Waals surface area (Å²) in [5.41, 5.74) is 1.64. The van der Waals surface area contributed by atoms with Crippen molar-refractivity contribution in [2.45, 2.75) is 6.42 Å². The monoisotopic (exact) mass is 330 g/mol. The van der Waals surface area contributed by atoms with Crippen molar-refractivity contribution in [3.05, 3.63) is 53.1 Å². The quantitative estimate of drug-likeness (QED) is 0.918. The average molecular weight is 331 g/mol. The number of halogens is 1. The van der Waals surface area contributed by atoms with E-state index in [-0.39, 0.29) is 11.8 Å². The molecule has 0 saturated carbocycles. The zero-order chi connectivity index (χ0) is 16.4. The molecular formula is C17H15ClN2O3. The highest BCUT2D eigenvalue weighted by molar-refractivity contribution is 6.31. The fraction of sp³-hybridized carbons (Fsp3) is 0.176. The van der Waals surface area contributed by atoms with Gasteiger partial charge >= 0.3 is 0 Å². The summed E-state index contributed by atoms with van der Waals surface area (Å²) in [5, 5.41) is 3.32. The van der Waals surface area contributed by atoms with Gasteiger partial charge in [-0.15, -0.1) is 0 Å². The molecule has 2 aromatic carbocycles. The van der Waals surface area contributed by atoms with Crippen molar-refractivity contribution in [3.8, 4) is 5.75 Å². The summed E-state index contributed by atoms with van der Waals surface area (Å²) >= 11 is 5.91. The third kappa shape index (κ3) is 3.29. The molecule has 118 valence electrons. The Balaban J connectivity index is 1.87. The van der Waals surface area contributed by atoms with Gasteiger partial charge in [0.25, 0.3) is 5.91 Å². The average Bonchev–Trinajstić information content (AvgIpc) is 2.67. The van der Waals surface area contributed by atoms with Gasteiger partial charge in [-0.05, 0) is 36.4 Å². The van der Waals surface area contributed by atoms with Crippen LogP contribution in [-0.2, 0) is 4.79 Å². The highest BCUT2D eigenvalue weighted by Crippen LogP contribution is 2.31. The van der Waals surface area contributed by atoms with Gasteiger partial charge < -0.3 is 15.0 Å². The van der Waals surface area contributed by atoms with Crippen LogP contribution in [0.4, 0.5) is 11.4 Å². The maximum Gasteiger partial charge on any atom is 0.255 e. The Morgan fingerprint density at radius 2 is 2.09 bits per heavy atom. The smallest absolute Gasteiger partial charge is 0.255 e. The lowest BCUT2D eigenvalue weighted by atomic mass is 10.1. The van der Waals surface area contributed by atoms with Crippen LogP contribution in [0.1, 0.15) is 16.8 Å². The minimum absolute atomic E-state index is 0.0452. The molecule has 1 aliphatic rings. The minimum Gasteiger partial charge on any atom is -0.491 e. The Labute approximate surface area is 138 Å². The number of ether oxygens (including phenoxy) is 1. The first-order chi connectivity index (χ1) is 11.0. The molecule has 6 heteroatoms. The van der Waals surface area contributed by atoms with E-state index < -0.39 is 0 Å². The molecule has 0 fully saturated rings. The Hall–Kier alpha value is -2.53. The van der Waals surface area contributed by atoms with Gasteiger partial charge in [0.15, 0.2) is 0 Å². The predicted octanol–water partition coefficient (Wildman–Crippen LogP) is 3.34. The second kappa shape index (κ2) is 6.30. The number of nitrogens with zero attached hydrogens (tertiary/aromatic N) is 1. The number of carbonyl (C=O) groups is 2. The van der Waals surface area contributed by atoms with Crippen molar-refractivity contribution in [1.82, 2.24) is 0 Å². The van der Waals surface area contributed by atoms with Crippen molar-refractivity contribution in [2.75, 3.05) is 23.9 Å². The second-order valence-corrected chi connectivity index (χ2v) is 5.63. The number of fused-ring (bicyclic) bond motifs is 1. The summed E-state index contributed by atoms with van der Waals surface area (Å²) in [6, 6.07) is 11.9. The van der Waals surface area contributed by atoms with Crippen LogP contribution in [0.15, 0.2) is 42.5 Å². The summed E-state index contributed by atoms with van der Waals surface area (Å²) in [5.74, 6) is 0.272. The van der Waals surface area contributed by atoms with E-state index >= 15 is 0 Å².